The van der Waals surface area contributed by atoms with Crippen LogP contribution in [0.5, 0.6) is 0 Å². The fourth-order valence-electron chi connectivity index (χ4n) is 12.5. The summed E-state index contributed by atoms with van der Waals surface area (Å²) in [6.45, 7) is 0. The van der Waals surface area contributed by atoms with Crippen LogP contribution >= 0.6 is 0 Å². The van der Waals surface area contributed by atoms with Crippen LogP contribution in [-0.2, 0) is 0 Å². The van der Waals surface area contributed by atoms with E-state index < -0.39 is 0 Å². The van der Waals surface area contributed by atoms with Gasteiger partial charge in [0.1, 0.15) is 11.2 Å². The molecule has 1 heterocycles. The van der Waals surface area contributed by atoms with E-state index in [1.807, 2.05) is 0 Å². The Morgan fingerprint density at radius 2 is 0.584 bits per heavy atom. The Balaban J connectivity index is 0.000000138. The maximum absolute atomic E-state index is 6.50. The Bertz CT molecular complexity index is 4860. The van der Waals surface area contributed by atoms with Crippen molar-refractivity contribution in [2.75, 3.05) is 0 Å². The first kappa shape index (κ1) is 44.4. The molecule has 0 saturated heterocycles. The lowest BCUT2D eigenvalue weighted by Gasteiger charge is -2.19. The van der Waals surface area contributed by atoms with E-state index in [1.165, 1.54) is 131 Å². The lowest BCUT2D eigenvalue weighted by molar-refractivity contribution is 0.669. The molecule has 1 heteroatoms. The summed E-state index contributed by atoms with van der Waals surface area (Å²) in [6.07, 6.45) is 0. The van der Waals surface area contributed by atoms with Gasteiger partial charge in [0.25, 0.3) is 0 Å². The van der Waals surface area contributed by atoms with Gasteiger partial charge in [-0.3, -0.25) is 0 Å². The van der Waals surface area contributed by atoms with Crippen molar-refractivity contribution in [3.05, 3.63) is 291 Å². The minimum absolute atomic E-state index is 0.913. The molecule has 1 aromatic heterocycles. The molecule has 0 fully saturated rings. The Kier molecular flexibility index (Phi) is 10.6. The molecule has 15 aromatic carbocycles. The van der Waals surface area contributed by atoms with Gasteiger partial charge in [0.2, 0.25) is 0 Å². The third kappa shape index (κ3) is 7.47. The first-order chi connectivity index (χ1) is 38.2. The van der Waals surface area contributed by atoms with E-state index in [0.29, 0.717) is 0 Å². The van der Waals surface area contributed by atoms with Crippen LogP contribution in [0.3, 0.4) is 0 Å². The summed E-state index contributed by atoms with van der Waals surface area (Å²) in [5, 5.41) is 20.0. The molecular formula is C76H48O. The first-order valence-electron chi connectivity index (χ1n) is 26.6. The van der Waals surface area contributed by atoms with Gasteiger partial charge in [-0.15, -0.1) is 0 Å². The maximum Gasteiger partial charge on any atom is 0.136 e. The molecular weight excluding hydrogens is 929 g/mol. The molecule has 16 rings (SSSR count). The Labute approximate surface area is 446 Å². The number of furan rings is 1. The van der Waals surface area contributed by atoms with Crippen molar-refractivity contribution in [3.8, 4) is 55.6 Å². The number of hydrogen-bond donors (Lipinski definition) is 0. The number of rotatable bonds is 5. The summed E-state index contributed by atoms with van der Waals surface area (Å²) in [5.74, 6) is 0. The normalized spacial score (nSPS) is 11.6. The van der Waals surface area contributed by atoms with Crippen molar-refractivity contribution in [1.29, 1.82) is 0 Å². The molecule has 1 nitrogen and oxygen atoms in total. The molecule has 0 aliphatic rings. The molecule has 0 aliphatic heterocycles. The van der Waals surface area contributed by atoms with Crippen molar-refractivity contribution in [3.63, 3.8) is 0 Å². The zero-order valence-electron chi connectivity index (χ0n) is 42.1. The molecule has 16 aromatic rings. The minimum Gasteiger partial charge on any atom is -0.456 e. The lowest BCUT2D eigenvalue weighted by atomic mass is 9.84. The molecule has 0 atom stereocenters. The predicted octanol–water partition coefficient (Wildman–Crippen LogP) is 21.7. The van der Waals surface area contributed by atoms with Crippen molar-refractivity contribution in [1.82, 2.24) is 0 Å². The van der Waals surface area contributed by atoms with Gasteiger partial charge < -0.3 is 4.42 Å². The average Bonchev–Trinajstić information content (AvgIpc) is 4.11. The zero-order chi connectivity index (χ0) is 50.8. The number of fused-ring (bicyclic) bond motifs is 10. The van der Waals surface area contributed by atoms with Crippen LogP contribution < -0.4 is 0 Å². The van der Waals surface area contributed by atoms with Crippen molar-refractivity contribution < 1.29 is 4.42 Å². The third-order valence-corrected chi connectivity index (χ3v) is 15.9. The standard InChI is InChI=1S/C42H26O.C34H22/c1-2-12-27(13-3-1)28-16-10-17-31(24-28)40-32-18-6-8-20-34(32)41(35-21-9-7-19-33(35)40)36-22-11-23-38-42(36)37-25-29-14-4-5-15-30(29)26-39(37)43-38;1-2-12-25-22-26(21-20-23(25)10-1)33-29-15-5-7-17-31(29)34(32-18-8-6-16-30(32)33)28-19-9-13-24-11-3-4-14-27(24)28/h1-26H;1-22H. The van der Waals surface area contributed by atoms with Gasteiger partial charge in [-0.1, -0.05) is 261 Å². The quantitative estimate of drug-likeness (QED) is 0.157. The first-order valence-corrected chi connectivity index (χ1v) is 26.6. The van der Waals surface area contributed by atoms with Crippen LogP contribution in [0, 0.1) is 0 Å². The smallest absolute Gasteiger partial charge is 0.136 e. The molecule has 358 valence electrons. The molecule has 0 aliphatic carbocycles. The molecule has 0 bridgehead atoms. The maximum atomic E-state index is 6.50. The average molecular weight is 977 g/mol. The molecule has 0 radical (unpaired) electrons. The van der Waals surface area contributed by atoms with E-state index in [9.17, 15) is 0 Å². The highest BCUT2D eigenvalue weighted by Gasteiger charge is 2.22. The fourth-order valence-corrected chi connectivity index (χ4v) is 12.5. The third-order valence-electron chi connectivity index (χ3n) is 15.9. The minimum atomic E-state index is 0.913. The second kappa shape index (κ2) is 18.4. The highest BCUT2D eigenvalue weighted by atomic mass is 16.3. The Hall–Kier alpha value is -10.1. The van der Waals surface area contributed by atoms with Gasteiger partial charge in [0.05, 0.1) is 0 Å². The highest BCUT2D eigenvalue weighted by molar-refractivity contribution is 6.27. The van der Waals surface area contributed by atoms with E-state index in [2.05, 4.69) is 291 Å². The van der Waals surface area contributed by atoms with E-state index in [-0.39, 0.29) is 0 Å². The molecule has 77 heavy (non-hydrogen) atoms. The van der Waals surface area contributed by atoms with Crippen LogP contribution in [-0.4, -0.2) is 0 Å². The Morgan fingerprint density at radius 3 is 1.19 bits per heavy atom. The summed E-state index contributed by atoms with van der Waals surface area (Å²) in [7, 11) is 0. The predicted molar refractivity (Wildman–Crippen MR) is 330 cm³/mol. The highest BCUT2D eigenvalue weighted by Crippen LogP contribution is 2.49. The topological polar surface area (TPSA) is 13.1 Å². The fraction of sp³-hybridized carbons (Fsp3) is 0. The second-order valence-electron chi connectivity index (χ2n) is 20.2. The van der Waals surface area contributed by atoms with Crippen molar-refractivity contribution in [2.45, 2.75) is 0 Å². The molecule has 0 saturated carbocycles. The van der Waals surface area contributed by atoms with Gasteiger partial charge in [0.15, 0.2) is 0 Å². The lowest BCUT2D eigenvalue weighted by Crippen LogP contribution is -1.91. The van der Waals surface area contributed by atoms with E-state index in [0.717, 1.165) is 21.9 Å². The largest absolute Gasteiger partial charge is 0.456 e. The summed E-state index contributed by atoms with van der Waals surface area (Å²) in [4.78, 5) is 0. The molecule has 0 spiro atoms. The summed E-state index contributed by atoms with van der Waals surface area (Å²) in [6, 6.07) is 105. The van der Waals surface area contributed by atoms with Gasteiger partial charge >= 0.3 is 0 Å². The van der Waals surface area contributed by atoms with Crippen molar-refractivity contribution in [2.24, 2.45) is 0 Å². The van der Waals surface area contributed by atoms with Crippen molar-refractivity contribution >= 4 is 97.3 Å². The van der Waals surface area contributed by atoms with Crippen LogP contribution in [0.25, 0.3) is 153 Å². The van der Waals surface area contributed by atoms with Gasteiger partial charge in [-0.25, -0.2) is 0 Å². The van der Waals surface area contributed by atoms with Crippen LogP contribution in [0.1, 0.15) is 0 Å². The van der Waals surface area contributed by atoms with Crippen LogP contribution in [0.2, 0.25) is 0 Å². The second-order valence-corrected chi connectivity index (χ2v) is 20.2. The Morgan fingerprint density at radius 1 is 0.182 bits per heavy atom. The van der Waals surface area contributed by atoms with Crippen LogP contribution in [0.4, 0.5) is 0 Å². The number of hydrogen-bond acceptors (Lipinski definition) is 1. The molecule has 0 amide bonds. The van der Waals surface area contributed by atoms with Gasteiger partial charge in [-0.05, 0) is 161 Å². The van der Waals surface area contributed by atoms with Gasteiger partial charge in [-0.2, -0.15) is 0 Å². The summed E-state index contributed by atoms with van der Waals surface area (Å²) >= 11 is 0. The van der Waals surface area contributed by atoms with Gasteiger partial charge in [0, 0.05) is 10.8 Å². The molecule has 0 N–H and O–H groups in total. The summed E-state index contributed by atoms with van der Waals surface area (Å²) < 4.78 is 6.50. The number of benzene rings is 15. The monoisotopic (exact) mass is 976 g/mol. The van der Waals surface area contributed by atoms with E-state index in [1.54, 1.807) is 0 Å². The van der Waals surface area contributed by atoms with Crippen LogP contribution in [0.15, 0.2) is 296 Å². The van der Waals surface area contributed by atoms with E-state index in [4.69, 9.17) is 4.42 Å². The SMILES string of the molecule is c1ccc(-c2cccc(-c3c4ccccc4c(-c4cccc5oc6cc7ccccc7cc6c45)c4ccccc34)c2)cc1.c1ccc2cc(-c3c4ccccc4c(-c4cccc5ccccc45)c4ccccc34)ccc2c1. The molecule has 0 unspecified atom stereocenters. The zero-order valence-corrected chi connectivity index (χ0v) is 42.1. The van der Waals surface area contributed by atoms with E-state index >= 15 is 0 Å². The summed E-state index contributed by atoms with van der Waals surface area (Å²) in [5.41, 5.74) is 14.4.